The second-order valence-electron chi connectivity index (χ2n) is 5.11. The zero-order chi connectivity index (χ0) is 15.8. The first-order chi connectivity index (χ1) is 11.2. The number of benzene rings is 1. The summed E-state index contributed by atoms with van der Waals surface area (Å²) in [6.45, 7) is 0.00360. The van der Waals surface area contributed by atoms with Crippen molar-refractivity contribution in [1.29, 1.82) is 0 Å². The average molecular weight is 308 g/mol. The maximum absolute atomic E-state index is 12.3. The van der Waals surface area contributed by atoms with Gasteiger partial charge in [-0.05, 0) is 30.3 Å². The van der Waals surface area contributed by atoms with Crippen molar-refractivity contribution in [3.8, 4) is 5.75 Å². The maximum atomic E-state index is 12.3. The Bertz CT molecular complexity index is 932. The number of carbonyl (C=O) groups is 2. The van der Waals surface area contributed by atoms with Crippen molar-refractivity contribution in [3.05, 3.63) is 54.5 Å². The van der Waals surface area contributed by atoms with E-state index in [1.807, 2.05) is 0 Å². The molecule has 0 fully saturated rings. The minimum atomic E-state index is -0.247. The van der Waals surface area contributed by atoms with Gasteiger partial charge in [-0.1, -0.05) is 0 Å². The van der Waals surface area contributed by atoms with Gasteiger partial charge in [-0.2, -0.15) is 0 Å². The van der Waals surface area contributed by atoms with Crippen molar-refractivity contribution in [2.24, 2.45) is 0 Å². The number of rotatable bonds is 2. The Balaban J connectivity index is 1.58. The Hall–Kier alpha value is -3.35. The molecule has 2 amide bonds. The van der Waals surface area contributed by atoms with E-state index in [0.29, 0.717) is 22.7 Å². The second-order valence-corrected chi connectivity index (χ2v) is 5.11. The van der Waals surface area contributed by atoms with Gasteiger partial charge >= 0.3 is 0 Å². The lowest BCUT2D eigenvalue weighted by molar-refractivity contribution is -0.118. The molecule has 1 aliphatic rings. The van der Waals surface area contributed by atoms with Gasteiger partial charge in [0.15, 0.2) is 6.61 Å². The van der Waals surface area contributed by atoms with E-state index in [-0.39, 0.29) is 18.4 Å². The number of carbonyl (C=O) groups excluding carboxylic acids is 2. The summed E-state index contributed by atoms with van der Waals surface area (Å²) in [4.78, 5) is 27.8. The standard InChI is InChI=1S/C16H12N4O3/c21-15-9-23-13-3-2-11(7-12(13)19-15)18-16(22)10-1-4-14-17-5-6-20(14)8-10/h1-8H,9H2,(H,18,22)(H,19,21). The summed E-state index contributed by atoms with van der Waals surface area (Å²) in [5, 5.41) is 5.51. The summed E-state index contributed by atoms with van der Waals surface area (Å²) >= 11 is 0. The highest BCUT2D eigenvalue weighted by atomic mass is 16.5. The summed E-state index contributed by atoms with van der Waals surface area (Å²) < 4.78 is 7.06. The number of imidazole rings is 1. The lowest BCUT2D eigenvalue weighted by Gasteiger charge is -2.18. The number of fused-ring (bicyclic) bond motifs is 2. The van der Waals surface area contributed by atoms with Crippen molar-refractivity contribution in [3.63, 3.8) is 0 Å². The molecule has 114 valence electrons. The van der Waals surface area contributed by atoms with Crippen LogP contribution < -0.4 is 15.4 Å². The summed E-state index contributed by atoms with van der Waals surface area (Å²) in [5.74, 6) is 0.123. The number of hydrogen-bond donors (Lipinski definition) is 2. The molecule has 1 aromatic carbocycles. The molecule has 0 unspecified atom stereocenters. The molecule has 0 radical (unpaired) electrons. The topological polar surface area (TPSA) is 84.7 Å². The van der Waals surface area contributed by atoms with Gasteiger partial charge in [0.1, 0.15) is 11.4 Å². The largest absolute Gasteiger partial charge is 0.482 e. The molecular weight excluding hydrogens is 296 g/mol. The third kappa shape index (κ3) is 2.48. The van der Waals surface area contributed by atoms with Gasteiger partial charge in [-0.3, -0.25) is 9.59 Å². The van der Waals surface area contributed by atoms with Gasteiger partial charge < -0.3 is 19.8 Å². The molecule has 2 aromatic heterocycles. The van der Waals surface area contributed by atoms with Crippen molar-refractivity contribution < 1.29 is 14.3 Å². The van der Waals surface area contributed by atoms with Crippen LogP contribution in [0.3, 0.4) is 0 Å². The minimum absolute atomic E-state index is 0.00360. The summed E-state index contributed by atoms with van der Waals surface area (Å²) in [6.07, 6.45) is 5.15. The molecule has 0 atom stereocenters. The van der Waals surface area contributed by atoms with E-state index in [1.54, 1.807) is 53.3 Å². The summed E-state index contributed by atoms with van der Waals surface area (Å²) in [7, 11) is 0. The number of hydrogen-bond acceptors (Lipinski definition) is 4. The van der Waals surface area contributed by atoms with E-state index in [4.69, 9.17) is 4.74 Å². The molecule has 0 bridgehead atoms. The summed E-state index contributed by atoms with van der Waals surface area (Å²) in [6, 6.07) is 8.59. The average Bonchev–Trinajstić information content (AvgIpc) is 3.02. The highest BCUT2D eigenvalue weighted by Crippen LogP contribution is 2.30. The Labute approximate surface area is 130 Å². The molecule has 23 heavy (non-hydrogen) atoms. The van der Waals surface area contributed by atoms with Crippen LogP contribution in [0.5, 0.6) is 5.75 Å². The van der Waals surface area contributed by atoms with Crippen LogP contribution in [0.2, 0.25) is 0 Å². The fraction of sp³-hybridized carbons (Fsp3) is 0.0625. The lowest BCUT2D eigenvalue weighted by atomic mass is 10.2. The monoisotopic (exact) mass is 308 g/mol. The van der Waals surface area contributed by atoms with Crippen molar-refractivity contribution in [2.75, 3.05) is 17.2 Å². The number of amides is 2. The van der Waals surface area contributed by atoms with Gasteiger partial charge in [-0.25, -0.2) is 4.98 Å². The van der Waals surface area contributed by atoms with Crippen LogP contribution in [0, 0.1) is 0 Å². The lowest BCUT2D eigenvalue weighted by Crippen LogP contribution is -2.25. The third-order valence-corrected chi connectivity index (χ3v) is 3.52. The van der Waals surface area contributed by atoms with E-state index < -0.39 is 0 Å². The molecular formula is C16H12N4O3. The van der Waals surface area contributed by atoms with Crippen LogP contribution in [0.25, 0.3) is 5.65 Å². The van der Waals surface area contributed by atoms with Crippen LogP contribution in [0.1, 0.15) is 10.4 Å². The fourth-order valence-electron chi connectivity index (χ4n) is 2.42. The van der Waals surface area contributed by atoms with E-state index >= 15 is 0 Å². The van der Waals surface area contributed by atoms with E-state index in [1.165, 1.54) is 0 Å². The Morgan fingerprint density at radius 2 is 2.22 bits per heavy atom. The van der Waals surface area contributed by atoms with Gasteiger partial charge in [0.25, 0.3) is 11.8 Å². The molecule has 7 heteroatoms. The first-order valence-electron chi connectivity index (χ1n) is 7.00. The first kappa shape index (κ1) is 13.3. The van der Waals surface area contributed by atoms with Crippen LogP contribution in [-0.2, 0) is 4.79 Å². The van der Waals surface area contributed by atoms with Crippen molar-refractivity contribution in [2.45, 2.75) is 0 Å². The van der Waals surface area contributed by atoms with Gasteiger partial charge in [0, 0.05) is 24.3 Å². The van der Waals surface area contributed by atoms with Gasteiger partial charge in [0.2, 0.25) is 0 Å². The highest BCUT2D eigenvalue weighted by molar-refractivity contribution is 6.05. The predicted octanol–water partition coefficient (Wildman–Crippen LogP) is 1.92. The maximum Gasteiger partial charge on any atom is 0.262 e. The Morgan fingerprint density at radius 1 is 1.30 bits per heavy atom. The quantitative estimate of drug-likeness (QED) is 0.757. The number of nitrogens with one attached hydrogen (secondary N) is 2. The minimum Gasteiger partial charge on any atom is -0.482 e. The SMILES string of the molecule is O=C1COc2ccc(NC(=O)c3ccc4nccn4c3)cc2N1. The second kappa shape index (κ2) is 5.13. The number of ether oxygens (including phenoxy) is 1. The number of pyridine rings is 1. The van der Waals surface area contributed by atoms with Crippen molar-refractivity contribution >= 4 is 28.8 Å². The molecule has 7 nitrogen and oxygen atoms in total. The third-order valence-electron chi connectivity index (χ3n) is 3.52. The molecule has 0 spiro atoms. The Kier molecular flexibility index (Phi) is 2.97. The fourth-order valence-corrected chi connectivity index (χ4v) is 2.42. The molecule has 1 aliphatic heterocycles. The molecule has 3 aromatic rings. The van der Waals surface area contributed by atoms with Crippen LogP contribution >= 0.6 is 0 Å². The first-order valence-corrected chi connectivity index (χ1v) is 7.00. The van der Waals surface area contributed by atoms with Crippen LogP contribution in [-0.4, -0.2) is 27.8 Å². The van der Waals surface area contributed by atoms with Gasteiger partial charge in [0.05, 0.1) is 11.3 Å². The molecule has 3 heterocycles. The summed E-state index contributed by atoms with van der Waals surface area (Å²) in [5.41, 5.74) is 2.40. The smallest absolute Gasteiger partial charge is 0.262 e. The molecule has 0 saturated carbocycles. The van der Waals surface area contributed by atoms with E-state index in [0.717, 1.165) is 5.65 Å². The zero-order valence-corrected chi connectivity index (χ0v) is 11.9. The number of nitrogens with zero attached hydrogens (tertiary/aromatic N) is 2. The molecule has 0 saturated heterocycles. The number of anilines is 2. The zero-order valence-electron chi connectivity index (χ0n) is 11.9. The number of aromatic nitrogens is 2. The normalized spacial score (nSPS) is 13.1. The van der Waals surface area contributed by atoms with Crippen LogP contribution in [0.15, 0.2) is 48.9 Å². The van der Waals surface area contributed by atoms with E-state index in [2.05, 4.69) is 15.6 Å². The Morgan fingerprint density at radius 3 is 3.13 bits per heavy atom. The molecule has 0 aliphatic carbocycles. The molecule has 2 N–H and O–H groups in total. The van der Waals surface area contributed by atoms with Gasteiger partial charge in [-0.15, -0.1) is 0 Å². The highest BCUT2D eigenvalue weighted by Gasteiger charge is 2.16. The molecule has 4 rings (SSSR count). The predicted molar refractivity (Wildman–Crippen MR) is 83.7 cm³/mol. The van der Waals surface area contributed by atoms with E-state index in [9.17, 15) is 9.59 Å². The van der Waals surface area contributed by atoms with Crippen LogP contribution in [0.4, 0.5) is 11.4 Å². The van der Waals surface area contributed by atoms with Crippen molar-refractivity contribution in [1.82, 2.24) is 9.38 Å².